The van der Waals surface area contributed by atoms with Crippen LogP contribution >= 0.6 is 11.3 Å². The maximum atomic E-state index is 9.00. The smallest absolute Gasteiger partial charge is 0.188 e. The van der Waals surface area contributed by atoms with Gasteiger partial charge in [0.1, 0.15) is 0 Å². The van der Waals surface area contributed by atoms with Crippen molar-refractivity contribution >= 4 is 22.2 Å². The summed E-state index contributed by atoms with van der Waals surface area (Å²) >= 11 is 1.53. The Balaban J connectivity index is 1.95. The van der Waals surface area contributed by atoms with Crippen molar-refractivity contribution in [1.29, 1.82) is 5.26 Å². The summed E-state index contributed by atoms with van der Waals surface area (Å²) in [4.78, 5) is 5.64. The Morgan fingerprint density at radius 2 is 1.67 bits per heavy atom. The highest BCUT2D eigenvalue weighted by atomic mass is 32.1. The van der Waals surface area contributed by atoms with Gasteiger partial charge in [0.25, 0.3) is 0 Å². The summed E-state index contributed by atoms with van der Waals surface area (Å²) in [5.41, 5.74) is 2.93. The zero-order valence-corrected chi connectivity index (χ0v) is 12.1. The van der Waals surface area contributed by atoms with E-state index in [9.17, 15) is 0 Å². The Labute approximate surface area is 127 Å². The van der Waals surface area contributed by atoms with Crippen molar-refractivity contribution in [3.8, 4) is 17.3 Å². The van der Waals surface area contributed by atoms with E-state index < -0.39 is 0 Å². The maximum Gasteiger partial charge on any atom is 0.188 e. The average Bonchev–Trinajstić information content (AvgIpc) is 2.92. The van der Waals surface area contributed by atoms with E-state index in [1.54, 1.807) is 0 Å². The summed E-state index contributed by atoms with van der Waals surface area (Å²) in [7, 11) is 0. The molecule has 0 radical (unpaired) electrons. The van der Waals surface area contributed by atoms with Crippen molar-refractivity contribution in [3.63, 3.8) is 0 Å². The molecule has 0 unspecified atom stereocenters. The molecule has 0 aliphatic rings. The molecule has 0 bridgehead atoms. The van der Waals surface area contributed by atoms with Crippen LogP contribution in [-0.4, -0.2) is 4.98 Å². The number of nitriles is 1. The van der Waals surface area contributed by atoms with E-state index in [4.69, 9.17) is 5.26 Å². The molecule has 102 valence electrons. The minimum Gasteiger partial charge on any atom is -0.332 e. The number of para-hydroxylation sites is 1. The third kappa shape index (κ3) is 3.10. The fourth-order valence-corrected chi connectivity index (χ4v) is 3.00. The van der Waals surface area contributed by atoms with Gasteiger partial charge in [0.05, 0.1) is 18.2 Å². The lowest BCUT2D eigenvalue weighted by Crippen LogP contribution is -1.88. The van der Waals surface area contributed by atoms with Crippen molar-refractivity contribution in [1.82, 2.24) is 4.98 Å². The first kappa shape index (κ1) is 13.3. The molecule has 0 atom stereocenters. The van der Waals surface area contributed by atoms with Gasteiger partial charge in [-0.2, -0.15) is 5.26 Å². The van der Waals surface area contributed by atoms with Crippen molar-refractivity contribution in [2.24, 2.45) is 0 Å². The number of rotatable bonds is 4. The second-order valence-corrected chi connectivity index (χ2v) is 5.57. The van der Waals surface area contributed by atoms with Crippen LogP contribution in [0.5, 0.6) is 0 Å². The molecule has 3 nitrogen and oxygen atoms in total. The largest absolute Gasteiger partial charge is 0.332 e. The normalized spacial score (nSPS) is 10.0. The summed E-state index contributed by atoms with van der Waals surface area (Å²) in [6, 6.07) is 22.1. The predicted octanol–water partition coefficient (Wildman–Crippen LogP) is 4.62. The molecule has 21 heavy (non-hydrogen) atoms. The zero-order chi connectivity index (χ0) is 14.5. The summed E-state index contributed by atoms with van der Waals surface area (Å²) in [6.07, 6.45) is 0.373. The van der Waals surface area contributed by atoms with Crippen LogP contribution in [0, 0.1) is 11.3 Å². The lowest BCUT2D eigenvalue weighted by atomic mass is 10.1. The lowest BCUT2D eigenvalue weighted by molar-refractivity contribution is 1.28. The van der Waals surface area contributed by atoms with Crippen molar-refractivity contribution < 1.29 is 0 Å². The Kier molecular flexibility index (Phi) is 3.95. The molecule has 0 aliphatic heterocycles. The Bertz CT molecular complexity index is 758. The molecule has 3 rings (SSSR count). The third-order valence-corrected chi connectivity index (χ3v) is 3.98. The second kappa shape index (κ2) is 6.21. The molecule has 0 amide bonds. The molecular weight excluding hydrogens is 278 g/mol. The van der Waals surface area contributed by atoms with Gasteiger partial charge in [0.15, 0.2) is 5.13 Å². The van der Waals surface area contributed by atoms with Gasteiger partial charge in [-0.15, -0.1) is 11.3 Å². The lowest BCUT2D eigenvalue weighted by Gasteiger charge is -2.00. The minimum absolute atomic E-state index is 0.373. The van der Waals surface area contributed by atoms with E-state index in [0.29, 0.717) is 6.42 Å². The molecule has 1 N–H and O–H groups in total. The van der Waals surface area contributed by atoms with Gasteiger partial charge in [0.2, 0.25) is 0 Å². The van der Waals surface area contributed by atoms with Crippen LogP contribution in [0.4, 0.5) is 10.8 Å². The van der Waals surface area contributed by atoms with E-state index in [2.05, 4.69) is 16.4 Å². The van der Waals surface area contributed by atoms with E-state index in [0.717, 1.165) is 27.0 Å². The number of thiazole rings is 1. The van der Waals surface area contributed by atoms with Crippen molar-refractivity contribution in [2.75, 3.05) is 5.32 Å². The quantitative estimate of drug-likeness (QED) is 0.763. The highest BCUT2D eigenvalue weighted by molar-refractivity contribution is 7.16. The molecule has 2 aromatic carbocycles. The number of hydrogen-bond acceptors (Lipinski definition) is 4. The molecule has 0 spiro atoms. The van der Waals surface area contributed by atoms with E-state index in [-0.39, 0.29) is 0 Å². The standard InChI is InChI=1S/C17H13N3S/c18-12-11-15-16(13-7-3-1-4-8-13)20-17(21-15)19-14-9-5-2-6-10-14/h1-10H,11H2,(H,19,20). The Morgan fingerprint density at radius 3 is 2.33 bits per heavy atom. The number of hydrogen-bond donors (Lipinski definition) is 1. The first-order chi connectivity index (χ1) is 10.4. The Morgan fingerprint density at radius 1 is 1.00 bits per heavy atom. The van der Waals surface area contributed by atoms with Crippen LogP contribution in [0.1, 0.15) is 4.88 Å². The second-order valence-electron chi connectivity index (χ2n) is 4.48. The predicted molar refractivity (Wildman–Crippen MR) is 86.6 cm³/mol. The molecular formula is C17H13N3S. The van der Waals surface area contributed by atoms with Gasteiger partial charge in [-0.1, -0.05) is 48.5 Å². The molecule has 4 heteroatoms. The first-order valence-electron chi connectivity index (χ1n) is 6.61. The average molecular weight is 291 g/mol. The molecule has 0 saturated heterocycles. The Hall–Kier alpha value is -2.64. The highest BCUT2D eigenvalue weighted by Gasteiger charge is 2.12. The van der Waals surface area contributed by atoms with E-state index >= 15 is 0 Å². The van der Waals surface area contributed by atoms with E-state index in [1.807, 2.05) is 60.7 Å². The van der Waals surface area contributed by atoms with Crippen LogP contribution in [-0.2, 0) is 6.42 Å². The first-order valence-corrected chi connectivity index (χ1v) is 7.42. The van der Waals surface area contributed by atoms with Crippen LogP contribution in [0.2, 0.25) is 0 Å². The number of anilines is 2. The molecule has 1 heterocycles. The van der Waals surface area contributed by atoms with Gasteiger partial charge >= 0.3 is 0 Å². The molecule has 1 aromatic heterocycles. The molecule has 0 aliphatic carbocycles. The van der Waals surface area contributed by atoms with Crippen LogP contribution in [0.25, 0.3) is 11.3 Å². The van der Waals surface area contributed by atoms with E-state index in [1.165, 1.54) is 11.3 Å². The summed E-state index contributed by atoms with van der Waals surface area (Å²) in [6.45, 7) is 0. The zero-order valence-electron chi connectivity index (χ0n) is 11.3. The summed E-state index contributed by atoms with van der Waals surface area (Å²) in [5.74, 6) is 0. The highest BCUT2D eigenvalue weighted by Crippen LogP contribution is 2.32. The number of benzene rings is 2. The summed E-state index contributed by atoms with van der Waals surface area (Å²) < 4.78 is 0. The van der Waals surface area contributed by atoms with Gasteiger partial charge in [-0.25, -0.2) is 4.98 Å². The topological polar surface area (TPSA) is 48.7 Å². The van der Waals surface area contributed by atoms with Gasteiger partial charge in [-0.3, -0.25) is 0 Å². The van der Waals surface area contributed by atoms with Crippen molar-refractivity contribution in [2.45, 2.75) is 6.42 Å². The van der Waals surface area contributed by atoms with Gasteiger partial charge < -0.3 is 5.32 Å². The summed E-state index contributed by atoms with van der Waals surface area (Å²) in [5, 5.41) is 13.1. The van der Waals surface area contributed by atoms with Gasteiger partial charge in [0, 0.05) is 16.1 Å². The SMILES string of the molecule is N#CCc1sc(Nc2ccccc2)nc1-c1ccccc1. The number of aromatic nitrogens is 1. The monoisotopic (exact) mass is 291 g/mol. The van der Waals surface area contributed by atoms with Crippen LogP contribution < -0.4 is 5.32 Å². The maximum absolute atomic E-state index is 9.00. The van der Waals surface area contributed by atoms with Gasteiger partial charge in [-0.05, 0) is 12.1 Å². The third-order valence-electron chi connectivity index (χ3n) is 3.01. The minimum atomic E-state index is 0.373. The van der Waals surface area contributed by atoms with Crippen LogP contribution in [0.3, 0.4) is 0 Å². The molecule has 3 aromatic rings. The molecule has 0 fully saturated rings. The molecule has 0 saturated carbocycles. The fraction of sp³-hybridized carbons (Fsp3) is 0.0588. The fourth-order valence-electron chi connectivity index (χ4n) is 2.06. The number of nitrogens with zero attached hydrogens (tertiary/aromatic N) is 2. The van der Waals surface area contributed by atoms with Crippen molar-refractivity contribution in [3.05, 3.63) is 65.5 Å². The van der Waals surface area contributed by atoms with Crippen LogP contribution in [0.15, 0.2) is 60.7 Å². The number of nitrogens with one attached hydrogen (secondary N) is 1.